The molecule has 0 fully saturated rings. The fourth-order valence-electron chi connectivity index (χ4n) is 0.712. The van der Waals surface area contributed by atoms with E-state index < -0.39 is 0 Å². The average molecular weight is 226 g/mol. The van der Waals surface area contributed by atoms with Crippen molar-refractivity contribution < 1.29 is 0 Å². The highest BCUT2D eigenvalue weighted by atomic mass is 32.1. The molecule has 0 aromatic heterocycles. The summed E-state index contributed by atoms with van der Waals surface area (Å²) in [5.74, 6) is 0. The molecule has 16 heavy (non-hydrogen) atoms. The average Bonchev–Trinajstić information content (AvgIpc) is 2.29. The predicted molar refractivity (Wildman–Crippen MR) is 60.3 cm³/mol. The van der Waals surface area contributed by atoms with E-state index >= 15 is 0 Å². The molecule has 0 aliphatic rings. The lowest BCUT2D eigenvalue weighted by Crippen LogP contribution is -1.80. The van der Waals surface area contributed by atoms with Gasteiger partial charge in [0.15, 0.2) is 0 Å². The second-order valence-electron chi connectivity index (χ2n) is 2.60. The van der Waals surface area contributed by atoms with Crippen LogP contribution in [0.2, 0.25) is 0 Å². The molecule has 0 aliphatic carbocycles. The van der Waals surface area contributed by atoms with Crippen molar-refractivity contribution in [1.82, 2.24) is 0 Å². The molecule has 0 radical (unpaired) electrons. The van der Waals surface area contributed by atoms with Gasteiger partial charge in [-0.05, 0) is 18.6 Å². The van der Waals surface area contributed by atoms with Gasteiger partial charge in [0.25, 0.3) is 0 Å². The Balaban J connectivity index is 5.24. The maximum absolute atomic E-state index is 8.56. The topological polar surface area (TPSA) is 95.2 Å². The maximum atomic E-state index is 8.56. The number of thiol groups is 1. The second-order valence-corrected chi connectivity index (χ2v) is 3.08. The Hall–Kier alpha value is -2.47. The van der Waals surface area contributed by atoms with Gasteiger partial charge in [0, 0.05) is 4.91 Å². The molecule has 4 nitrogen and oxygen atoms in total. The number of hydrogen-bond acceptors (Lipinski definition) is 5. The second kappa shape index (κ2) is 6.91. The molecule has 5 heteroatoms. The van der Waals surface area contributed by atoms with Gasteiger partial charge < -0.3 is 0 Å². The SMILES string of the molecule is CC(/C=C\C(S)=C(C#N)C#N)=C(C#N)C#N. The summed E-state index contributed by atoms with van der Waals surface area (Å²) in [5, 5.41) is 34.2. The minimum Gasteiger partial charge on any atom is -0.192 e. The number of nitriles is 4. The van der Waals surface area contributed by atoms with Crippen molar-refractivity contribution in [3.63, 3.8) is 0 Å². The third-order valence-electron chi connectivity index (χ3n) is 1.59. The van der Waals surface area contributed by atoms with Gasteiger partial charge in [-0.25, -0.2) is 0 Å². The first-order valence-electron chi connectivity index (χ1n) is 4.03. The van der Waals surface area contributed by atoms with Gasteiger partial charge in [0.1, 0.15) is 35.4 Å². The summed E-state index contributed by atoms with van der Waals surface area (Å²) >= 11 is 3.95. The summed E-state index contributed by atoms with van der Waals surface area (Å²) in [5.41, 5.74) is 0.308. The van der Waals surface area contributed by atoms with Crippen molar-refractivity contribution in [2.75, 3.05) is 0 Å². The summed E-state index contributed by atoms with van der Waals surface area (Å²) in [4.78, 5) is 0.194. The van der Waals surface area contributed by atoms with Crippen LogP contribution < -0.4 is 0 Å². The molecule has 0 N–H and O–H groups in total. The Kier molecular flexibility index (Phi) is 5.84. The van der Waals surface area contributed by atoms with Crippen molar-refractivity contribution in [2.45, 2.75) is 6.92 Å². The van der Waals surface area contributed by atoms with E-state index in [1.54, 1.807) is 31.2 Å². The third kappa shape index (κ3) is 3.72. The van der Waals surface area contributed by atoms with Gasteiger partial charge in [0.05, 0.1) is 0 Å². The molecule has 0 heterocycles. The van der Waals surface area contributed by atoms with Crippen LogP contribution in [0, 0.1) is 45.3 Å². The highest BCUT2D eigenvalue weighted by Crippen LogP contribution is 2.12. The van der Waals surface area contributed by atoms with E-state index in [4.69, 9.17) is 21.0 Å². The minimum absolute atomic E-state index is 0.0205. The predicted octanol–water partition coefficient (Wildman–Crippen LogP) is 2.14. The van der Waals surface area contributed by atoms with Gasteiger partial charge in [-0.2, -0.15) is 21.0 Å². The van der Waals surface area contributed by atoms with Crippen LogP contribution in [0.4, 0.5) is 0 Å². The fourth-order valence-corrected chi connectivity index (χ4v) is 0.886. The molecule has 0 bridgehead atoms. The Morgan fingerprint density at radius 2 is 1.31 bits per heavy atom. The lowest BCUT2D eigenvalue weighted by atomic mass is 10.1. The fraction of sp³-hybridized carbons (Fsp3) is 0.0909. The molecule has 0 spiro atoms. The molecule has 0 saturated heterocycles. The zero-order valence-corrected chi connectivity index (χ0v) is 9.29. The normalized spacial score (nSPS) is 8.12. The molecular formula is C11H6N4S. The van der Waals surface area contributed by atoms with Crippen LogP contribution >= 0.6 is 12.6 Å². The minimum atomic E-state index is -0.122. The Bertz CT molecular complexity index is 456. The number of hydrogen-bond donors (Lipinski definition) is 1. The highest BCUT2D eigenvalue weighted by Gasteiger charge is 1.99. The van der Waals surface area contributed by atoms with Crippen LogP contribution in [0.1, 0.15) is 6.92 Å². The van der Waals surface area contributed by atoms with Crippen molar-refractivity contribution in [2.24, 2.45) is 0 Å². The van der Waals surface area contributed by atoms with Crippen LogP contribution in [-0.4, -0.2) is 0 Å². The van der Waals surface area contributed by atoms with E-state index in [1.807, 2.05) is 0 Å². The Morgan fingerprint density at radius 3 is 1.69 bits per heavy atom. The smallest absolute Gasteiger partial charge is 0.142 e. The Morgan fingerprint density at radius 1 is 0.875 bits per heavy atom. The van der Waals surface area contributed by atoms with Crippen molar-refractivity contribution in [3.8, 4) is 24.3 Å². The molecule has 0 unspecified atom stereocenters. The molecule has 0 atom stereocenters. The summed E-state index contributed by atoms with van der Waals surface area (Å²) in [7, 11) is 0. The summed E-state index contributed by atoms with van der Waals surface area (Å²) in [6, 6.07) is 6.81. The maximum Gasteiger partial charge on any atom is 0.142 e. The third-order valence-corrected chi connectivity index (χ3v) is 1.96. The molecule has 0 amide bonds. The molecule has 0 rings (SSSR count). The van der Waals surface area contributed by atoms with Crippen LogP contribution in [-0.2, 0) is 0 Å². The standard InChI is InChI=1S/C11H6N4S/c1-8(9(4-12)5-13)2-3-11(16)10(6-14)7-15/h2-3,16H,1H3/b3-2-. The summed E-state index contributed by atoms with van der Waals surface area (Å²) < 4.78 is 0. The first kappa shape index (κ1) is 13.5. The zero-order chi connectivity index (χ0) is 12.6. The molecule has 0 aliphatic heterocycles. The lowest BCUT2D eigenvalue weighted by Gasteiger charge is -1.92. The molecule has 0 aromatic rings. The van der Waals surface area contributed by atoms with Crippen LogP contribution in [0.3, 0.4) is 0 Å². The number of nitrogens with zero attached hydrogens (tertiary/aromatic N) is 4. The van der Waals surface area contributed by atoms with Crippen molar-refractivity contribution >= 4 is 12.6 Å². The van der Waals surface area contributed by atoms with E-state index in [1.165, 1.54) is 12.2 Å². The van der Waals surface area contributed by atoms with Crippen molar-refractivity contribution in [3.05, 3.63) is 33.8 Å². The first-order chi connectivity index (χ1) is 7.60. The number of allylic oxidation sites excluding steroid dienone is 5. The summed E-state index contributed by atoms with van der Waals surface area (Å²) in [6.45, 7) is 1.58. The van der Waals surface area contributed by atoms with E-state index in [2.05, 4.69) is 12.6 Å². The van der Waals surface area contributed by atoms with E-state index in [9.17, 15) is 0 Å². The lowest BCUT2D eigenvalue weighted by molar-refractivity contribution is 1.40. The van der Waals surface area contributed by atoms with Gasteiger partial charge >= 0.3 is 0 Å². The zero-order valence-electron chi connectivity index (χ0n) is 8.39. The molecule has 76 valence electrons. The van der Waals surface area contributed by atoms with Gasteiger partial charge in [-0.3, -0.25) is 0 Å². The first-order valence-corrected chi connectivity index (χ1v) is 4.48. The Labute approximate surface area is 99.0 Å². The van der Waals surface area contributed by atoms with Crippen LogP contribution in [0.15, 0.2) is 33.8 Å². The van der Waals surface area contributed by atoms with Gasteiger partial charge in [-0.1, -0.05) is 6.08 Å². The molecular weight excluding hydrogens is 220 g/mol. The quantitative estimate of drug-likeness (QED) is 0.443. The van der Waals surface area contributed by atoms with Gasteiger partial charge in [-0.15, -0.1) is 12.6 Å². The molecule has 0 saturated carbocycles. The van der Waals surface area contributed by atoms with E-state index in [0.717, 1.165) is 0 Å². The summed E-state index contributed by atoms with van der Waals surface area (Å²) in [6.07, 6.45) is 2.85. The highest BCUT2D eigenvalue weighted by molar-refractivity contribution is 7.84. The van der Waals surface area contributed by atoms with Crippen LogP contribution in [0.5, 0.6) is 0 Å². The van der Waals surface area contributed by atoms with E-state index in [0.29, 0.717) is 5.57 Å². The van der Waals surface area contributed by atoms with E-state index in [-0.39, 0.29) is 16.1 Å². The van der Waals surface area contributed by atoms with Gasteiger partial charge in [0.2, 0.25) is 0 Å². The largest absolute Gasteiger partial charge is 0.192 e. The number of rotatable bonds is 2. The van der Waals surface area contributed by atoms with Crippen molar-refractivity contribution in [1.29, 1.82) is 21.0 Å². The van der Waals surface area contributed by atoms with Crippen LogP contribution in [0.25, 0.3) is 0 Å². The molecule has 0 aromatic carbocycles. The monoisotopic (exact) mass is 226 g/mol.